The smallest absolute Gasteiger partial charge is 0.236 e. The molecule has 0 fully saturated rings. The Morgan fingerprint density at radius 2 is 2.10 bits per heavy atom. The maximum absolute atomic E-state index is 11.9. The zero-order valence-electron chi connectivity index (χ0n) is 12.4. The SMILES string of the molecule is CC(C)CNC(=O)C(C)NCc1cnc2cnc(Br)cn12. The lowest BCUT2D eigenvalue weighted by Crippen LogP contribution is -2.43. The summed E-state index contributed by atoms with van der Waals surface area (Å²) in [4.78, 5) is 20.3. The first-order valence-electron chi connectivity index (χ1n) is 6.96. The van der Waals surface area contributed by atoms with Crippen LogP contribution in [0.2, 0.25) is 0 Å². The standard InChI is InChI=1S/C14H20BrN5O/c1-9(2)4-19-14(21)10(3)16-5-11-6-18-13-7-17-12(15)8-20(11)13/h6-10,16H,4-5H2,1-3H3,(H,19,21). The van der Waals surface area contributed by atoms with Crippen LogP contribution < -0.4 is 10.6 Å². The molecule has 2 heterocycles. The average molecular weight is 354 g/mol. The quantitative estimate of drug-likeness (QED) is 0.829. The van der Waals surface area contributed by atoms with E-state index >= 15 is 0 Å². The maximum Gasteiger partial charge on any atom is 0.236 e. The van der Waals surface area contributed by atoms with Gasteiger partial charge in [0.2, 0.25) is 5.91 Å². The summed E-state index contributed by atoms with van der Waals surface area (Å²) >= 11 is 3.34. The van der Waals surface area contributed by atoms with Gasteiger partial charge in [-0.25, -0.2) is 9.97 Å². The molecule has 1 atom stereocenters. The highest BCUT2D eigenvalue weighted by Crippen LogP contribution is 2.10. The Labute approximate surface area is 132 Å². The first kappa shape index (κ1) is 15.9. The minimum absolute atomic E-state index is 0.0142. The van der Waals surface area contributed by atoms with E-state index in [1.54, 1.807) is 12.4 Å². The predicted octanol–water partition coefficient (Wildman–Crippen LogP) is 1.74. The van der Waals surface area contributed by atoms with Crippen molar-refractivity contribution in [2.45, 2.75) is 33.4 Å². The third kappa shape index (κ3) is 4.25. The lowest BCUT2D eigenvalue weighted by Gasteiger charge is -2.15. The van der Waals surface area contributed by atoms with Gasteiger partial charge in [-0.15, -0.1) is 0 Å². The molecule has 1 amide bonds. The molecule has 7 heteroatoms. The van der Waals surface area contributed by atoms with Crippen LogP contribution in [0.15, 0.2) is 23.2 Å². The van der Waals surface area contributed by atoms with Crippen LogP contribution in [-0.4, -0.2) is 32.9 Å². The maximum atomic E-state index is 11.9. The molecule has 0 aliphatic heterocycles. The molecule has 2 N–H and O–H groups in total. The number of imidazole rings is 1. The van der Waals surface area contributed by atoms with Crippen LogP contribution in [0.3, 0.4) is 0 Å². The van der Waals surface area contributed by atoms with Gasteiger partial charge in [-0.1, -0.05) is 13.8 Å². The number of nitrogens with zero attached hydrogens (tertiary/aromatic N) is 3. The van der Waals surface area contributed by atoms with E-state index in [0.717, 1.165) is 15.9 Å². The van der Waals surface area contributed by atoms with Crippen LogP contribution in [0, 0.1) is 5.92 Å². The van der Waals surface area contributed by atoms with E-state index in [2.05, 4.69) is 50.4 Å². The minimum Gasteiger partial charge on any atom is -0.354 e. The van der Waals surface area contributed by atoms with Gasteiger partial charge < -0.3 is 10.6 Å². The van der Waals surface area contributed by atoms with Gasteiger partial charge in [0.1, 0.15) is 4.60 Å². The summed E-state index contributed by atoms with van der Waals surface area (Å²) in [5.41, 5.74) is 1.77. The van der Waals surface area contributed by atoms with Gasteiger partial charge in [0.25, 0.3) is 0 Å². The normalized spacial score (nSPS) is 12.8. The molecule has 0 aromatic carbocycles. The molecular weight excluding hydrogens is 334 g/mol. The van der Waals surface area contributed by atoms with Crippen LogP contribution in [0.25, 0.3) is 5.65 Å². The van der Waals surface area contributed by atoms with Gasteiger partial charge in [0.15, 0.2) is 5.65 Å². The van der Waals surface area contributed by atoms with Gasteiger partial charge >= 0.3 is 0 Å². The van der Waals surface area contributed by atoms with Gasteiger partial charge in [0, 0.05) is 19.3 Å². The van der Waals surface area contributed by atoms with Gasteiger partial charge in [0.05, 0.1) is 24.1 Å². The first-order chi connectivity index (χ1) is 9.97. The van der Waals surface area contributed by atoms with Crippen molar-refractivity contribution < 1.29 is 4.79 Å². The number of hydrogen-bond acceptors (Lipinski definition) is 4. The van der Waals surface area contributed by atoms with E-state index in [1.807, 2.05) is 17.5 Å². The van der Waals surface area contributed by atoms with Crippen molar-refractivity contribution in [1.82, 2.24) is 25.0 Å². The molecule has 0 saturated heterocycles. The van der Waals surface area contributed by atoms with Crippen LogP contribution in [-0.2, 0) is 11.3 Å². The highest BCUT2D eigenvalue weighted by atomic mass is 79.9. The average Bonchev–Trinajstić information content (AvgIpc) is 2.84. The van der Waals surface area contributed by atoms with Crippen molar-refractivity contribution in [3.8, 4) is 0 Å². The topological polar surface area (TPSA) is 71.3 Å². The highest BCUT2D eigenvalue weighted by Gasteiger charge is 2.13. The zero-order valence-corrected chi connectivity index (χ0v) is 14.0. The fourth-order valence-electron chi connectivity index (χ4n) is 1.86. The van der Waals surface area contributed by atoms with Crippen molar-refractivity contribution >= 4 is 27.5 Å². The third-order valence-corrected chi connectivity index (χ3v) is 3.52. The Hall–Kier alpha value is -1.47. The Morgan fingerprint density at radius 3 is 2.81 bits per heavy atom. The summed E-state index contributed by atoms with van der Waals surface area (Å²) in [5.74, 6) is 0.463. The van der Waals surface area contributed by atoms with Crippen LogP contribution >= 0.6 is 15.9 Å². The molecule has 2 aromatic heterocycles. The van der Waals surface area contributed by atoms with E-state index in [4.69, 9.17) is 0 Å². The fourth-order valence-corrected chi connectivity index (χ4v) is 2.16. The predicted molar refractivity (Wildman–Crippen MR) is 84.8 cm³/mol. The van der Waals surface area contributed by atoms with Crippen molar-refractivity contribution in [3.63, 3.8) is 0 Å². The second-order valence-corrected chi connectivity index (χ2v) is 6.24. The fraction of sp³-hybridized carbons (Fsp3) is 0.500. The van der Waals surface area contributed by atoms with Gasteiger partial charge in [-0.2, -0.15) is 0 Å². The van der Waals surface area contributed by atoms with Gasteiger partial charge in [-0.3, -0.25) is 9.20 Å². The van der Waals surface area contributed by atoms with Crippen LogP contribution in [0.4, 0.5) is 0 Å². The number of fused-ring (bicyclic) bond motifs is 1. The van der Waals surface area contributed by atoms with Gasteiger partial charge in [-0.05, 0) is 28.8 Å². The largest absolute Gasteiger partial charge is 0.354 e. The number of hydrogen-bond donors (Lipinski definition) is 2. The Bertz CT molecular complexity index is 625. The molecule has 2 aromatic rings. The number of amides is 1. The van der Waals surface area contributed by atoms with Crippen molar-refractivity contribution in [2.75, 3.05) is 6.54 Å². The minimum atomic E-state index is -0.250. The molecule has 0 aliphatic rings. The molecule has 0 radical (unpaired) electrons. The van der Waals surface area contributed by atoms with Crippen molar-refractivity contribution in [1.29, 1.82) is 0 Å². The number of nitrogens with one attached hydrogen (secondary N) is 2. The first-order valence-corrected chi connectivity index (χ1v) is 7.75. The molecule has 0 aliphatic carbocycles. The summed E-state index contributed by atoms with van der Waals surface area (Å²) in [6, 6.07) is -0.250. The summed E-state index contributed by atoms with van der Waals surface area (Å²) < 4.78 is 2.69. The second-order valence-electron chi connectivity index (χ2n) is 5.43. The number of rotatable bonds is 6. The van der Waals surface area contributed by atoms with E-state index in [1.165, 1.54) is 0 Å². The molecule has 2 rings (SSSR count). The Kier molecular flexibility index (Phi) is 5.30. The van der Waals surface area contributed by atoms with E-state index in [9.17, 15) is 4.79 Å². The number of carbonyl (C=O) groups is 1. The van der Waals surface area contributed by atoms with Crippen LogP contribution in [0.5, 0.6) is 0 Å². The monoisotopic (exact) mass is 353 g/mol. The zero-order chi connectivity index (χ0) is 15.4. The number of halogens is 1. The highest BCUT2D eigenvalue weighted by molar-refractivity contribution is 9.10. The summed E-state index contributed by atoms with van der Waals surface area (Å²) in [6.45, 7) is 7.26. The van der Waals surface area contributed by atoms with E-state index < -0.39 is 0 Å². The second kappa shape index (κ2) is 7.00. The molecule has 6 nitrogen and oxygen atoms in total. The molecule has 114 valence electrons. The third-order valence-electron chi connectivity index (χ3n) is 3.11. The number of aromatic nitrogens is 3. The Balaban J connectivity index is 1.95. The summed E-state index contributed by atoms with van der Waals surface area (Å²) in [6.07, 6.45) is 5.35. The van der Waals surface area contributed by atoms with Crippen molar-refractivity contribution in [3.05, 3.63) is 28.9 Å². The van der Waals surface area contributed by atoms with E-state index in [0.29, 0.717) is 19.0 Å². The lowest BCUT2D eigenvalue weighted by molar-refractivity contribution is -0.122. The molecule has 0 saturated carbocycles. The van der Waals surface area contributed by atoms with Crippen LogP contribution in [0.1, 0.15) is 26.5 Å². The number of carbonyl (C=O) groups excluding carboxylic acids is 1. The molecular formula is C14H20BrN5O. The summed E-state index contributed by atoms with van der Waals surface area (Å²) in [5, 5.41) is 6.13. The molecule has 21 heavy (non-hydrogen) atoms. The lowest BCUT2D eigenvalue weighted by atomic mass is 10.2. The molecule has 0 spiro atoms. The van der Waals surface area contributed by atoms with E-state index in [-0.39, 0.29) is 11.9 Å². The summed E-state index contributed by atoms with van der Waals surface area (Å²) in [7, 11) is 0. The Morgan fingerprint density at radius 1 is 1.33 bits per heavy atom. The molecule has 1 unspecified atom stereocenters. The molecule has 0 bridgehead atoms. The van der Waals surface area contributed by atoms with Crippen molar-refractivity contribution in [2.24, 2.45) is 5.92 Å².